The first-order chi connectivity index (χ1) is 6.72. The average molecular weight is 194 g/mol. The fraction of sp³-hybridized carbons (Fsp3) is 0.500. The average Bonchev–Trinajstić information content (AvgIpc) is 2.16. The predicted molar refractivity (Wildman–Crippen MR) is 57.5 cm³/mol. The monoisotopic (exact) mass is 194 g/mol. The minimum Gasteiger partial charge on any atom is -0.491 e. The molecule has 0 atom stereocenters. The predicted octanol–water partition coefficient (Wildman–Crippen LogP) is 3.01. The zero-order valence-corrected chi connectivity index (χ0v) is 9.12. The number of benzene rings is 1. The molecule has 0 heterocycles. The van der Waals surface area contributed by atoms with Crippen molar-refractivity contribution >= 4 is 0 Å². The molecular weight excluding hydrogens is 176 g/mol. The number of ether oxygens (including phenoxy) is 2. The van der Waals surface area contributed by atoms with Gasteiger partial charge in [0.05, 0.1) is 12.7 Å². The molecule has 0 saturated carbocycles. The summed E-state index contributed by atoms with van der Waals surface area (Å²) in [6.07, 6.45) is 0.229. The molecule has 0 saturated heterocycles. The third-order valence-electron chi connectivity index (χ3n) is 1.77. The Hall–Kier alpha value is -1.02. The number of rotatable bonds is 5. The lowest BCUT2D eigenvalue weighted by molar-refractivity contribution is 0.134. The van der Waals surface area contributed by atoms with Crippen molar-refractivity contribution in [1.82, 2.24) is 0 Å². The highest BCUT2D eigenvalue weighted by Crippen LogP contribution is 2.14. The lowest BCUT2D eigenvalue weighted by Gasteiger charge is -2.09. The molecule has 0 aliphatic heterocycles. The third kappa shape index (κ3) is 3.79. The van der Waals surface area contributed by atoms with Gasteiger partial charge in [0.25, 0.3) is 0 Å². The molecule has 2 nitrogen and oxygen atoms in total. The summed E-state index contributed by atoms with van der Waals surface area (Å²) in [5.41, 5.74) is 1.18. The maximum atomic E-state index is 5.53. The van der Waals surface area contributed by atoms with Crippen LogP contribution >= 0.6 is 0 Å². The van der Waals surface area contributed by atoms with Gasteiger partial charge in [-0.1, -0.05) is 12.1 Å². The molecule has 0 fully saturated rings. The lowest BCUT2D eigenvalue weighted by Crippen LogP contribution is -2.05. The first-order valence-electron chi connectivity index (χ1n) is 5.05. The standard InChI is InChI=1S/C12H18O2/c1-4-13-9-11-5-7-12(8-6-11)14-10(2)3/h5-8,10H,4,9H2,1-3H3. The van der Waals surface area contributed by atoms with Crippen molar-refractivity contribution < 1.29 is 9.47 Å². The summed E-state index contributed by atoms with van der Waals surface area (Å²) in [6.45, 7) is 7.47. The van der Waals surface area contributed by atoms with E-state index in [1.165, 1.54) is 5.56 Å². The van der Waals surface area contributed by atoms with E-state index in [0.29, 0.717) is 6.61 Å². The highest BCUT2D eigenvalue weighted by Gasteiger charge is 1.97. The van der Waals surface area contributed by atoms with Crippen LogP contribution in [-0.2, 0) is 11.3 Å². The van der Waals surface area contributed by atoms with Crippen LogP contribution in [0.2, 0.25) is 0 Å². The van der Waals surface area contributed by atoms with Gasteiger partial charge in [-0.2, -0.15) is 0 Å². The molecule has 0 unspecified atom stereocenters. The summed E-state index contributed by atoms with van der Waals surface area (Å²) in [6, 6.07) is 8.03. The molecule has 0 spiro atoms. The molecule has 0 N–H and O–H groups in total. The van der Waals surface area contributed by atoms with Gasteiger partial charge in [-0.3, -0.25) is 0 Å². The van der Waals surface area contributed by atoms with E-state index >= 15 is 0 Å². The largest absolute Gasteiger partial charge is 0.491 e. The fourth-order valence-corrected chi connectivity index (χ4v) is 1.16. The maximum absolute atomic E-state index is 5.53. The summed E-state index contributed by atoms with van der Waals surface area (Å²) in [4.78, 5) is 0. The summed E-state index contributed by atoms with van der Waals surface area (Å²) in [5.74, 6) is 0.917. The Balaban J connectivity index is 2.50. The van der Waals surface area contributed by atoms with E-state index in [4.69, 9.17) is 9.47 Å². The van der Waals surface area contributed by atoms with Crippen LogP contribution < -0.4 is 4.74 Å². The van der Waals surface area contributed by atoms with Gasteiger partial charge in [0.1, 0.15) is 5.75 Å². The van der Waals surface area contributed by atoms with Crippen LogP contribution in [0.15, 0.2) is 24.3 Å². The van der Waals surface area contributed by atoms with E-state index in [0.717, 1.165) is 12.4 Å². The van der Waals surface area contributed by atoms with Gasteiger partial charge < -0.3 is 9.47 Å². The van der Waals surface area contributed by atoms with Gasteiger partial charge in [0.15, 0.2) is 0 Å². The number of hydrogen-bond donors (Lipinski definition) is 0. The molecule has 2 heteroatoms. The number of hydrogen-bond acceptors (Lipinski definition) is 2. The smallest absolute Gasteiger partial charge is 0.119 e. The van der Waals surface area contributed by atoms with Crippen LogP contribution in [-0.4, -0.2) is 12.7 Å². The van der Waals surface area contributed by atoms with Crippen LogP contribution in [0.4, 0.5) is 0 Å². The fourth-order valence-electron chi connectivity index (χ4n) is 1.16. The first-order valence-corrected chi connectivity index (χ1v) is 5.05. The normalized spacial score (nSPS) is 10.6. The van der Waals surface area contributed by atoms with Crippen molar-refractivity contribution in [3.8, 4) is 5.75 Å². The summed E-state index contributed by atoms with van der Waals surface area (Å²) in [5, 5.41) is 0. The van der Waals surface area contributed by atoms with Crippen LogP contribution in [0.5, 0.6) is 5.75 Å². The Morgan fingerprint density at radius 2 is 1.79 bits per heavy atom. The quantitative estimate of drug-likeness (QED) is 0.717. The van der Waals surface area contributed by atoms with Gasteiger partial charge in [-0.25, -0.2) is 0 Å². The summed E-state index contributed by atoms with van der Waals surface area (Å²) < 4.78 is 10.8. The van der Waals surface area contributed by atoms with Gasteiger partial charge in [0.2, 0.25) is 0 Å². The Kier molecular flexibility index (Phi) is 4.47. The van der Waals surface area contributed by atoms with Gasteiger partial charge in [-0.15, -0.1) is 0 Å². The molecule has 0 amide bonds. The highest BCUT2D eigenvalue weighted by atomic mass is 16.5. The Labute approximate surface area is 85.8 Å². The van der Waals surface area contributed by atoms with Crippen molar-refractivity contribution in [2.75, 3.05) is 6.61 Å². The minimum absolute atomic E-state index is 0.229. The van der Waals surface area contributed by atoms with E-state index < -0.39 is 0 Å². The molecule has 0 aromatic heterocycles. The van der Waals surface area contributed by atoms with Gasteiger partial charge in [-0.05, 0) is 38.5 Å². The van der Waals surface area contributed by atoms with Crippen molar-refractivity contribution in [3.05, 3.63) is 29.8 Å². The first kappa shape index (κ1) is 11.1. The summed E-state index contributed by atoms with van der Waals surface area (Å²) >= 11 is 0. The molecular formula is C12H18O2. The van der Waals surface area contributed by atoms with E-state index in [1.807, 2.05) is 45.0 Å². The molecule has 0 radical (unpaired) electrons. The third-order valence-corrected chi connectivity index (χ3v) is 1.77. The van der Waals surface area contributed by atoms with Crippen LogP contribution in [0, 0.1) is 0 Å². The summed E-state index contributed by atoms with van der Waals surface area (Å²) in [7, 11) is 0. The Bertz CT molecular complexity index is 252. The topological polar surface area (TPSA) is 18.5 Å². The van der Waals surface area contributed by atoms with Gasteiger partial charge in [0, 0.05) is 6.61 Å². The van der Waals surface area contributed by atoms with Crippen LogP contribution in [0.25, 0.3) is 0 Å². The van der Waals surface area contributed by atoms with Crippen molar-refractivity contribution in [2.24, 2.45) is 0 Å². The zero-order valence-electron chi connectivity index (χ0n) is 9.12. The van der Waals surface area contributed by atoms with E-state index in [1.54, 1.807) is 0 Å². The van der Waals surface area contributed by atoms with E-state index in [-0.39, 0.29) is 6.10 Å². The highest BCUT2D eigenvalue weighted by molar-refractivity contribution is 5.26. The molecule has 1 aromatic rings. The Morgan fingerprint density at radius 3 is 2.29 bits per heavy atom. The van der Waals surface area contributed by atoms with E-state index in [9.17, 15) is 0 Å². The Morgan fingerprint density at radius 1 is 1.14 bits per heavy atom. The molecule has 14 heavy (non-hydrogen) atoms. The molecule has 1 rings (SSSR count). The molecule has 1 aromatic carbocycles. The van der Waals surface area contributed by atoms with E-state index in [2.05, 4.69) is 0 Å². The van der Waals surface area contributed by atoms with Crippen LogP contribution in [0.1, 0.15) is 26.3 Å². The maximum Gasteiger partial charge on any atom is 0.119 e. The second-order valence-electron chi connectivity index (χ2n) is 3.45. The van der Waals surface area contributed by atoms with Crippen molar-refractivity contribution in [3.63, 3.8) is 0 Å². The van der Waals surface area contributed by atoms with Crippen molar-refractivity contribution in [2.45, 2.75) is 33.5 Å². The lowest BCUT2D eigenvalue weighted by atomic mass is 10.2. The van der Waals surface area contributed by atoms with Gasteiger partial charge >= 0.3 is 0 Å². The molecule has 0 aliphatic rings. The van der Waals surface area contributed by atoms with Crippen molar-refractivity contribution in [1.29, 1.82) is 0 Å². The SMILES string of the molecule is CCOCc1ccc(OC(C)C)cc1. The molecule has 0 aliphatic carbocycles. The molecule has 0 bridgehead atoms. The van der Waals surface area contributed by atoms with Crippen LogP contribution in [0.3, 0.4) is 0 Å². The molecule has 78 valence electrons. The second-order valence-corrected chi connectivity index (χ2v) is 3.45. The second kappa shape index (κ2) is 5.66. The minimum atomic E-state index is 0.229. The zero-order chi connectivity index (χ0) is 10.4.